The third-order valence-electron chi connectivity index (χ3n) is 6.21. The summed E-state index contributed by atoms with van der Waals surface area (Å²) in [6.45, 7) is 4.21. The minimum absolute atomic E-state index is 0.00547. The molecule has 9 heteroatoms. The summed E-state index contributed by atoms with van der Waals surface area (Å²) >= 11 is 0. The third-order valence-corrected chi connectivity index (χ3v) is 6.21. The zero-order valence-corrected chi connectivity index (χ0v) is 19.1. The molecule has 0 aromatic heterocycles. The van der Waals surface area contributed by atoms with Crippen LogP contribution in [0.2, 0.25) is 0 Å². The highest BCUT2D eigenvalue weighted by molar-refractivity contribution is 5.98. The number of benzene rings is 2. The van der Waals surface area contributed by atoms with Crippen molar-refractivity contribution in [3.05, 3.63) is 71.3 Å². The summed E-state index contributed by atoms with van der Waals surface area (Å²) in [5.41, 5.74) is -0.606. The first-order valence-electron chi connectivity index (χ1n) is 11.3. The lowest BCUT2D eigenvalue weighted by atomic mass is 9.96. The lowest BCUT2D eigenvalue weighted by Gasteiger charge is -2.44. The fourth-order valence-corrected chi connectivity index (χ4v) is 4.54. The Labute approximate surface area is 196 Å². The molecule has 2 saturated heterocycles. The molecule has 0 saturated carbocycles. The van der Waals surface area contributed by atoms with Gasteiger partial charge in [-0.3, -0.25) is 19.3 Å². The largest absolute Gasteiger partial charge is 0.353 e. The molecule has 3 amide bonds. The molecule has 1 atom stereocenters. The standard InChI is InChI=1S/C25H27F2N3O4/c1-16(2)28-22(31)21-15-34-25(30(21)24(33)18-4-3-5-20(27)14-18)10-12-29(13-11-25)23(32)17-6-8-19(26)9-7-17/h3-9,14,16,21H,10-13,15H2,1-2H3,(H,28,31)/t21-/m1/s1. The Bertz CT molecular complexity index is 1080. The summed E-state index contributed by atoms with van der Waals surface area (Å²) in [7, 11) is 0. The van der Waals surface area contributed by atoms with Crippen molar-refractivity contribution in [2.45, 2.75) is 44.5 Å². The van der Waals surface area contributed by atoms with Gasteiger partial charge in [0.25, 0.3) is 11.8 Å². The number of amides is 3. The summed E-state index contributed by atoms with van der Waals surface area (Å²) in [6, 6.07) is 9.64. The molecule has 2 aliphatic rings. The average molecular weight is 472 g/mol. The predicted molar refractivity (Wildman–Crippen MR) is 120 cm³/mol. The first-order valence-corrected chi connectivity index (χ1v) is 11.3. The quantitative estimate of drug-likeness (QED) is 0.744. The van der Waals surface area contributed by atoms with Crippen LogP contribution in [0.5, 0.6) is 0 Å². The Morgan fingerprint density at radius 2 is 1.65 bits per heavy atom. The number of halogens is 2. The molecule has 2 fully saturated rings. The van der Waals surface area contributed by atoms with Gasteiger partial charge in [-0.05, 0) is 56.3 Å². The van der Waals surface area contributed by atoms with Crippen LogP contribution in [0.15, 0.2) is 48.5 Å². The molecule has 7 nitrogen and oxygen atoms in total. The maximum Gasteiger partial charge on any atom is 0.256 e. The Morgan fingerprint density at radius 3 is 2.26 bits per heavy atom. The summed E-state index contributed by atoms with van der Waals surface area (Å²) in [6.07, 6.45) is 0.568. The smallest absolute Gasteiger partial charge is 0.256 e. The highest BCUT2D eigenvalue weighted by Gasteiger charge is 2.54. The van der Waals surface area contributed by atoms with E-state index in [0.717, 1.165) is 6.07 Å². The molecule has 4 rings (SSSR count). The molecule has 0 radical (unpaired) electrons. The number of hydrogen-bond acceptors (Lipinski definition) is 4. The Balaban J connectivity index is 1.58. The van der Waals surface area contributed by atoms with Gasteiger partial charge >= 0.3 is 0 Å². The zero-order chi connectivity index (χ0) is 24.5. The Kier molecular flexibility index (Phi) is 6.65. The van der Waals surface area contributed by atoms with Gasteiger partial charge in [0.1, 0.15) is 23.4 Å². The number of nitrogens with one attached hydrogen (secondary N) is 1. The lowest BCUT2D eigenvalue weighted by molar-refractivity contribution is -0.128. The van der Waals surface area contributed by atoms with Gasteiger partial charge in [0.15, 0.2) is 0 Å². The highest BCUT2D eigenvalue weighted by atomic mass is 19.1. The molecule has 180 valence electrons. The minimum Gasteiger partial charge on any atom is -0.353 e. The van der Waals surface area contributed by atoms with E-state index in [2.05, 4.69) is 5.32 Å². The maximum absolute atomic E-state index is 13.9. The van der Waals surface area contributed by atoms with Crippen molar-refractivity contribution in [3.8, 4) is 0 Å². The van der Waals surface area contributed by atoms with Crippen LogP contribution in [0, 0.1) is 11.6 Å². The Morgan fingerprint density at radius 1 is 0.971 bits per heavy atom. The number of likely N-dealkylation sites (tertiary alicyclic amines) is 1. The van der Waals surface area contributed by atoms with Crippen LogP contribution in [0.3, 0.4) is 0 Å². The summed E-state index contributed by atoms with van der Waals surface area (Å²) < 4.78 is 33.2. The molecule has 2 aliphatic heterocycles. The van der Waals surface area contributed by atoms with Gasteiger partial charge in [-0.25, -0.2) is 8.78 Å². The SMILES string of the molecule is CC(C)NC(=O)[C@H]1COC2(CCN(C(=O)c3ccc(F)cc3)CC2)N1C(=O)c1cccc(F)c1. The second kappa shape index (κ2) is 9.50. The van der Waals surface area contributed by atoms with Crippen LogP contribution in [0.1, 0.15) is 47.4 Å². The number of carbonyl (C=O) groups is 3. The van der Waals surface area contributed by atoms with E-state index >= 15 is 0 Å². The normalized spacial score (nSPS) is 19.5. The second-order valence-electron chi connectivity index (χ2n) is 8.92. The number of carbonyl (C=O) groups excluding carboxylic acids is 3. The molecule has 0 aliphatic carbocycles. The topological polar surface area (TPSA) is 79.0 Å². The number of piperidine rings is 1. The number of ether oxygens (including phenoxy) is 1. The van der Waals surface area contributed by atoms with Crippen LogP contribution in [-0.2, 0) is 9.53 Å². The van der Waals surface area contributed by atoms with Crippen molar-refractivity contribution >= 4 is 17.7 Å². The molecule has 34 heavy (non-hydrogen) atoms. The van der Waals surface area contributed by atoms with Crippen molar-refractivity contribution < 1.29 is 27.9 Å². The van der Waals surface area contributed by atoms with Crippen LogP contribution >= 0.6 is 0 Å². The van der Waals surface area contributed by atoms with Gasteiger partial charge in [-0.2, -0.15) is 0 Å². The molecule has 0 unspecified atom stereocenters. The highest BCUT2D eigenvalue weighted by Crippen LogP contribution is 2.39. The number of rotatable bonds is 4. The van der Waals surface area contributed by atoms with Crippen molar-refractivity contribution in [2.24, 2.45) is 0 Å². The van der Waals surface area contributed by atoms with E-state index < -0.39 is 29.3 Å². The lowest BCUT2D eigenvalue weighted by Crippen LogP contribution is -2.60. The van der Waals surface area contributed by atoms with Crippen LogP contribution in [-0.4, -0.2) is 65.0 Å². The van der Waals surface area contributed by atoms with Gasteiger partial charge < -0.3 is 15.0 Å². The van der Waals surface area contributed by atoms with Crippen LogP contribution in [0.25, 0.3) is 0 Å². The first kappa shape index (κ1) is 23.8. The van der Waals surface area contributed by atoms with Gasteiger partial charge in [0.2, 0.25) is 5.91 Å². The van der Waals surface area contributed by atoms with E-state index in [-0.39, 0.29) is 56.0 Å². The molecule has 1 spiro atoms. The van der Waals surface area contributed by atoms with Gasteiger partial charge in [0.05, 0.1) is 6.61 Å². The second-order valence-corrected chi connectivity index (χ2v) is 8.92. The predicted octanol–water partition coefficient (Wildman–Crippen LogP) is 2.96. The van der Waals surface area contributed by atoms with E-state index in [1.807, 2.05) is 13.8 Å². The summed E-state index contributed by atoms with van der Waals surface area (Å²) in [5, 5.41) is 2.83. The third kappa shape index (κ3) is 4.65. The van der Waals surface area contributed by atoms with Gasteiger partial charge in [-0.15, -0.1) is 0 Å². The van der Waals surface area contributed by atoms with E-state index in [4.69, 9.17) is 4.74 Å². The number of hydrogen-bond donors (Lipinski definition) is 1. The monoisotopic (exact) mass is 471 g/mol. The van der Waals surface area contributed by atoms with Crippen molar-refractivity contribution in [2.75, 3.05) is 19.7 Å². The van der Waals surface area contributed by atoms with Crippen molar-refractivity contribution in [3.63, 3.8) is 0 Å². The Hall–Kier alpha value is -3.33. The van der Waals surface area contributed by atoms with Crippen molar-refractivity contribution in [1.29, 1.82) is 0 Å². The molecule has 0 bridgehead atoms. The molecule has 2 aromatic carbocycles. The molecule has 2 aromatic rings. The van der Waals surface area contributed by atoms with Gasteiger partial charge in [-0.1, -0.05) is 6.07 Å². The fourth-order valence-electron chi connectivity index (χ4n) is 4.54. The minimum atomic E-state index is -1.10. The van der Waals surface area contributed by atoms with Gasteiger partial charge in [0, 0.05) is 43.1 Å². The molecule has 2 heterocycles. The maximum atomic E-state index is 13.9. The summed E-state index contributed by atoms with van der Waals surface area (Å²) in [4.78, 5) is 42.3. The molecular weight excluding hydrogens is 444 g/mol. The van der Waals surface area contributed by atoms with E-state index in [1.54, 1.807) is 4.90 Å². The number of nitrogens with zero attached hydrogens (tertiary/aromatic N) is 2. The fraction of sp³-hybridized carbons (Fsp3) is 0.400. The molecule has 1 N–H and O–H groups in total. The first-order chi connectivity index (χ1) is 16.2. The van der Waals surface area contributed by atoms with Crippen molar-refractivity contribution in [1.82, 2.24) is 15.1 Å². The molecular formula is C25H27F2N3O4. The average Bonchev–Trinajstić information content (AvgIpc) is 3.17. The van der Waals surface area contributed by atoms with Crippen LogP contribution in [0.4, 0.5) is 8.78 Å². The van der Waals surface area contributed by atoms with E-state index in [1.165, 1.54) is 47.4 Å². The van der Waals surface area contributed by atoms with E-state index in [0.29, 0.717) is 5.56 Å². The summed E-state index contributed by atoms with van der Waals surface area (Å²) in [5.74, 6) is -2.07. The van der Waals surface area contributed by atoms with E-state index in [9.17, 15) is 23.2 Å². The van der Waals surface area contributed by atoms with Crippen LogP contribution < -0.4 is 5.32 Å². The zero-order valence-electron chi connectivity index (χ0n) is 19.1.